The van der Waals surface area contributed by atoms with Gasteiger partial charge in [-0.3, -0.25) is 9.20 Å². The number of hydrogen-bond donors (Lipinski definition) is 0. The SMILES string of the molecule is CC(=O)c1cnc2cc(C(F)(F)F)c(Br)cn12. The van der Waals surface area contributed by atoms with E-state index >= 15 is 0 Å². The molecule has 0 amide bonds. The fraction of sp³-hybridized carbons (Fsp3) is 0.200. The van der Waals surface area contributed by atoms with Crippen molar-refractivity contribution in [2.75, 3.05) is 0 Å². The van der Waals surface area contributed by atoms with Crippen LogP contribution in [0, 0.1) is 0 Å². The molecule has 0 aliphatic carbocycles. The molecule has 0 bridgehead atoms. The maximum atomic E-state index is 12.6. The molecule has 0 saturated heterocycles. The number of rotatable bonds is 1. The van der Waals surface area contributed by atoms with Crippen molar-refractivity contribution in [3.63, 3.8) is 0 Å². The smallest absolute Gasteiger partial charge is 0.296 e. The van der Waals surface area contributed by atoms with Crippen molar-refractivity contribution >= 4 is 27.4 Å². The van der Waals surface area contributed by atoms with Gasteiger partial charge in [-0.15, -0.1) is 0 Å². The molecule has 0 fully saturated rings. The summed E-state index contributed by atoms with van der Waals surface area (Å²) in [6.07, 6.45) is -2.00. The van der Waals surface area contributed by atoms with Crippen LogP contribution in [-0.4, -0.2) is 15.2 Å². The van der Waals surface area contributed by atoms with Crippen LogP contribution in [0.2, 0.25) is 0 Å². The molecule has 2 heterocycles. The Morgan fingerprint density at radius 2 is 2.12 bits per heavy atom. The molecule has 0 atom stereocenters. The molecule has 0 aliphatic heterocycles. The molecule has 0 N–H and O–H groups in total. The molecule has 0 aromatic carbocycles. The number of Topliss-reactive ketones (excluding diaryl/α,β-unsaturated/α-hetero) is 1. The quantitative estimate of drug-likeness (QED) is 0.758. The first-order valence-corrected chi connectivity index (χ1v) is 5.34. The Labute approximate surface area is 102 Å². The van der Waals surface area contributed by atoms with E-state index in [1.165, 1.54) is 23.7 Å². The summed E-state index contributed by atoms with van der Waals surface area (Å²) in [5.41, 5.74) is -0.481. The minimum atomic E-state index is -4.46. The number of fused-ring (bicyclic) bond motifs is 1. The van der Waals surface area contributed by atoms with Crippen LogP contribution >= 0.6 is 15.9 Å². The maximum Gasteiger partial charge on any atom is 0.417 e. The Balaban J connectivity index is 2.73. The second-order valence-corrected chi connectivity index (χ2v) is 4.31. The van der Waals surface area contributed by atoms with E-state index in [9.17, 15) is 18.0 Å². The summed E-state index contributed by atoms with van der Waals surface area (Å²) in [4.78, 5) is 15.0. The molecule has 90 valence electrons. The highest BCUT2D eigenvalue weighted by molar-refractivity contribution is 9.10. The van der Waals surface area contributed by atoms with Crippen LogP contribution in [0.25, 0.3) is 5.65 Å². The van der Waals surface area contributed by atoms with Crippen LogP contribution in [0.5, 0.6) is 0 Å². The Hall–Kier alpha value is -1.37. The standard InChI is InChI=1S/C10H6BrF3N2O/c1-5(17)8-3-15-9-2-6(10(12,13)14)7(11)4-16(8)9/h2-4H,1H3. The third-order valence-corrected chi connectivity index (χ3v) is 2.90. The van der Waals surface area contributed by atoms with Crippen molar-refractivity contribution in [2.24, 2.45) is 0 Å². The summed E-state index contributed by atoms with van der Waals surface area (Å²) in [6.45, 7) is 1.33. The average Bonchev–Trinajstić information content (AvgIpc) is 2.57. The van der Waals surface area contributed by atoms with Gasteiger partial charge in [0.2, 0.25) is 0 Å². The van der Waals surface area contributed by atoms with Crippen molar-refractivity contribution < 1.29 is 18.0 Å². The maximum absolute atomic E-state index is 12.6. The molecule has 0 unspecified atom stereocenters. The number of alkyl halides is 3. The molecule has 7 heteroatoms. The predicted molar refractivity (Wildman–Crippen MR) is 57.9 cm³/mol. The number of halogens is 4. The Kier molecular flexibility index (Phi) is 2.73. The van der Waals surface area contributed by atoms with Gasteiger partial charge in [-0.2, -0.15) is 13.2 Å². The van der Waals surface area contributed by atoms with Gasteiger partial charge < -0.3 is 0 Å². The minimum absolute atomic E-state index is 0.0886. The summed E-state index contributed by atoms with van der Waals surface area (Å²) in [6, 6.07) is 0.899. The Morgan fingerprint density at radius 1 is 1.47 bits per heavy atom. The summed E-state index contributed by atoms with van der Waals surface area (Å²) in [5.74, 6) is -0.260. The highest BCUT2D eigenvalue weighted by Gasteiger charge is 2.33. The summed E-state index contributed by atoms with van der Waals surface area (Å²) >= 11 is 2.84. The number of carbonyl (C=O) groups excluding carboxylic acids is 1. The largest absolute Gasteiger partial charge is 0.417 e. The zero-order chi connectivity index (χ0) is 12.8. The fourth-order valence-electron chi connectivity index (χ4n) is 1.48. The Morgan fingerprint density at radius 3 is 2.65 bits per heavy atom. The highest BCUT2D eigenvalue weighted by atomic mass is 79.9. The van der Waals surface area contributed by atoms with E-state index in [2.05, 4.69) is 20.9 Å². The van der Waals surface area contributed by atoms with Gasteiger partial charge in [0.25, 0.3) is 0 Å². The normalized spacial score (nSPS) is 12.1. The molecule has 17 heavy (non-hydrogen) atoms. The third-order valence-electron chi connectivity index (χ3n) is 2.26. The van der Waals surface area contributed by atoms with E-state index < -0.39 is 11.7 Å². The van der Waals surface area contributed by atoms with E-state index in [-0.39, 0.29) is 21.6 Å². The fourth-order valence-corrected chi connectivity index (χ4v) is 2.02. The van der Waals surface area contributed by atoms with Gasteiger partial charge in [-0.05, 0) is 22.0 Å². The van der Waals surface area contributed by atoms with Gasteiger partial charge in [0.05, 0.1) is 11.8 Å². The summed E-state index contributed by atoms with van der Waals surface area (Å²) in [5, 5.41) is 0. The first kappa shape index (κ1) is 12.1. The second-order valence-electron chi connectivity index (χ2n) is 3.46. The van der Waals surface area contributed by atoms with E-state index in [1.54, 1.807) is 0 Å². The lowest BCUT2D eigenvalue weighted by Gasteiger charge is -2.09. The molecule has 2 rings (SSSR count). The lowest BCUT2D eigenvalue weighted by atomic mass is 10.2. The van der Waals surface area contributed by atoms with Gasteiger partial charge in [0.15, 0.2) is 5.78 Å². The molecular formula is C10H6BrF3N2O. The summed E-state index contributed by atoms with van der Waals surface area (Å²) in [7, 11) is 0. The van der Waals surface area contributed by atoms with Crippen LogP contribution in [0.15, 0.2) is 22.9 Å². The highest BCUT2D eigenvalue weighted by Crippen LogP contribution is 2.35. The van der Waals surface area contributed by atoms with Crippen LogP contribution in [0.4, 0.5) is 13.2 Å². The van der Waals surface area contributed by atoms with E-state index in [4.69, 9.17) is 0 Å². The Bertz CT molecular complexity index is 603. The van der Waals surface area contributed by atoms with Crippen molar-refractivity contribution in [3.05, 3.63) is 34.2 Å². The molecular weight excluding hydrogens is 301 g/mol. The number of ketones is 1. The van der Waals surface area contributed by atoms with Gasteiger partial charge in [-0.25, -0.2) is 4.98 Å². The number of hydrogen-bond acceptors (Lipinski definition) is 2. The van der Waals surface area contributed by atoms with Crippen molar-refractivity contribution in [1.29, 1.82) is 0 Å². The van der Waals surface area contributed by atoms with Crippen LogP contribution < -0.4 is 0 Å². The van der Waals surface area contributed by atoms with Crippen LogP contribution in [0.1, 0.15) is 23.0 Å². The predicted octanol–water partition coefficient (Wildman–Crippen LogP) is 3.32. The third kappa shape index (κ3) is 2.06. The second kappa shape index (κ2) is 3.83. The molecule has 0 spiro atoms. The molecule has 0 radical (unpaired) electrons. The average molecular weight is 307 g/mol. The van der Waals surface area contributed by atoms with Gasteiger partial charge in [0.1, 0.15) is 11.3 Å². The molecule has 3 nitrogen and oxygen atoms in total. The number of carbonyl (C=O) groups is 1. The number of nitrogens with zero attached hydrogens (tertiary/aromatic N) is 2. The van der Waals surface area contributed by atoms with Gasteiger partial charge in [0, 0.05) is 17.6 Å². The number of aromatic nitrogens is 2. The first-order valence-electron chi connectivity index (χ1n) is 4.55. The zero-order valence-electron chi connectivity index (χ0n) is 8.55. The molecule has 0 aliphatic rings. The van der Waals surface area contributed by atoms with Gasteiger partial charge in [-0.1, -0.05) is 0 Å². The van der Waals surface area contributed by atoms with E-state index in [0.29, 0.717) is 0 Å². The van der Waals surface area contributed by atoms with E-state index in [0.717, 1.165) is 6.07 Å². The first-order chi connectivity index (χ1) is 7.80. The zero-order valence-corrected chi connectivity index (χ0v) is 10.1. The van der Waals surface area contributed by atoms with Crippen LogP contribution in [-0.2, 0) is 6.18 Å². The van der Waals surface area contributed by atoms with Crippen molar-refractivity contribution in [3.8, 4) is 0 Å². The van der Waals surface area contributed by atoms with Crippen molar-refractivity contribution in [2.45, 2.75) is 13.1 Å². The van der Waals surface area contributed by atoms with Crippen LogP contribution in [0.3, 0.4) is 0 Å². The number of pyridine rings is 1. The summed E-state index contributed by atoms with van der Waals surface area (Å²) < 4.78 is 39.0. The van der Waals surface area contributed by atoms with E-state index in [1.807, 2.05) is 0 Å². The lowest BCUT2D eigenvalue weighted by molar-refractivity contribution is -0.138. The van der Waals surface area contributed by atoms with Crippen molar-refractivity contribution in [1.82, 2.24) is 9.38 Å². The molecule has 2 aromatic heterocycles. The number of imidazole rings is 1. The van der Waals surface area contributed by atoms with Gasteiger partial charge >= 0.3 is 6.18 Å². The topological polar surface area (TPSA) is 34.4 Å². The lowest BCUT2D eigenvalue weighted by Crippen LogP contribution is -2.08. The minimum Gasteiger partial charge on any atom is -0.296 e. The molecule has 2 aromatic rings. The molecule has 0 saturated carbocycles. The monoisotopic (exact) mass is 306 g/mol.